The van der Waals surface area contributed by atoms with Crippen molar-refractivity contribution in [3.05, 3.63) is 91.9 Å². The van der Waals surface area contributed by atoms with Gasteiger partial charge in [0.25, 0.3) is 10.0 Å². The summed E-state index contributed by atoms with van der Waals surface area (Å²) in [5.41, 5.74) is 1.30. The van der Waals surface area contributed by atoms with Crippen molar-refractivity contribution >= 4 is 73.9 Å². The van der Waals surface area contributed by atoms with Crippen LogP contribution in [0.1, 0.15) is 31.4 Å². The molecule has 0 unspecified atom stereocenters. The zero-order valence-electron chi connectivity index (χ0n) is 22.1. The van der Waals surface area contributed by atoms with E-state index in [-0.39, 0.29) is 33.6 Å². The van der Waals surface area contributed by atoms with Crippen molar-refractivity contribution in [3.8, 4) is 0 Å². The molecule has 0 saturated heterocycles. The van der Waals surface area contributed by atoms with Gasteiger partial charge < -0.3 is 10.2 Å². The predicted octanol–water partition coefficient (Wildman–Crippen LogP) is 6.75. The van der Waals surface area contributed by atoms with Crippen LogP contribution in [0.2, 0.25) is 20.1 Å². The number of carbonyl (C=O) groups excluding carboxylic acids is 2. The molecule has 0 aliphatic carbocycles. The van der Waals surface area contributed by atoms with Crippen LogP contribution in [0.25, 0.3) is 0 Å². The van der Waals surface area contributed by atoms with Crippen molar-refractivity contribution in [2.24, 2.45) is 0 Å². The Morgan fingerprint density at radius 1 is 0.875 bits per heavy atom. The van der Waals surface area contributed by atoms with Crippen molar-refractivity contribution in [3.63, 3.8) is 0 Å². The second kappa shape index (κ2) is 13.9. The van der Waals surface area contributed by atoms with E-state index in [0.717, 1.165) is 9.87 Å². The SMILES string of the molecule is CCNC(=O)[C@H](CC)N(Cc1c(Cl)cccc1Cl)C(=O)CN(c1cccc(Cl)c1Cl)S(=O)(=O)c1ccc(C)cc1. The number of aryl methyl sites for hydroxylation is 1. The minimum Gasteiger partial charge on any atom is -0.355 e. The number of anilines is 1. The van der Waals surface area contributed by atoms with E-state index in [1.807, 2.05) is 6.92 Å². The van der Waals surface area contributed by atoms with Crippen molar-refractivity contribution in [1.29, 1.82) is 0 Å². The summed E-state index contributed by atoms with van der Waals surface area (Å²) in [5, 5.41) is 3.43. The molecular weight excluding hydrogens is 616 g/mol. The molecule has 0 aliphatic rings. The molecule has 3 aromatic carbocycles. The summed E-state index contributed by atoms with van der Waals surface area (Å²) in [7, 11) is -4.30. The number of halogens is 4. The number of amides is 2. The minimum atomic E-state index is -4.30. The number of nitrogens with one attached hydrogen (secondary N) is 1. The first-order chi connectivity index (χ1) is 18.9. The molecule has 1 N–H and O–H groups in total. The zero-order valence-corrected chi connectivity index (χ0v) is 26.0. The average Bonchev–Trinajstić information content (AvgIpc) is 2.91. The second-order valence-electron chi connectivity index (χ2n) is 8.94. The lowest BCUT2D eigenvalue weighted by molar-refractivity contribution is -0.140. The number of hydrogen-bond donors (Lipinski definition) is 1. The van der Waals surface area contributed by atoms with Crippen LogP contribution in [0.5, 0.6) is 0 Å². The Morgan fingerprint density at radius 3 is 2.02 bits per heavy atom. The Labute approximate surface area is 255 Å². The van der Waals surface area contributed by atoms with E-state index in [1.54, 1.807) is 44.2 Å². The van der Waals surface area contributed by atoms with Gasteiger partial charge in [0.05, 0.1) is 20.6 Å². The molecule has 0 spiro atoms. The summed E-state index contributed by atoms with van der Waals surface area (Å²) in [6.45, 7) is 4.89. The standard InChI is InChI=1S/C28H29Cl4N3O4S/c1-4-24(28(37)33-5-2)34(16-20-21(29)8-6-9-22(20)30)26(36)17-35(25-11-7-10-23(31)27(25)32)40(38,39)19-14-12-18(3)13-15-19/h6-15,24H,4-5,16-17H2,1-3H3,(H,33,37)/t24-/m0/s1. The summed E-state index contributed by atoms with van der Waals surface area (Å²) < 4.78 is 28.8. The molecule has 12 heteroatoms. The highest BCUT2D eigenvalue weighted by molar-refractivity contribution is 7.92. The van der Waals surface area contributed by atoms with Crippen LogP contribution >= 0.6 is 46.4 Å². The van der Waals surface area contributed by atoms with Crippen molar-refractivity contribution in [1.82, 2.24) is 10.2 Å². The highest BCUT2D eigenvalue weighted by atomic mass is 35.5. The van der Waals surface area contributed by atoms with E-state index in [0.29, 0.717) is 22.2 Å². The van der Waals surface area contributed by atoms with Gasteiger partial charge in [-0.15, -0.1) is 0 Å². The van der Waals surface area contributed by atoms with Gasteiger partial charge in [-0.3, -0.25) is 13.9 Å². The molecule has 0 aliphatic heterocycles. The predicted molar refractivity (Wildman–Crippen MR) is 162 cm³/mol. The fourth-order valence-corrected chi connectivity index (χ4v) is 6.49. The maximum Gasteiger partial charge on any atom is 0.264 e. The number of nitrogens with zero attached hydrogens (tertiary/aromatic N) is 2. The minimum absolute atomic E-state index is 0.0184. The van der Waals surface area contributed by atoms with Gasteiger partial charge in [-0.2, -0.15) is 0 Å². The smallest absolute Gasteiger partial charge is 0.264 e. The van der Waals surface area contributed by atoms with Gasteiger partial charge in [-0.25, -0.2) is 8.42 Å². The number of rotatable bonds is 11. The molecule has 0 radical (unpaired) electrons. The number of benzene rings is 3. The highest BCUT2D eigenvalue weighted by Gasteiger charge is 2.35. The van der Waals surface area contributed by atoms with Gasteiger partial charge in [0.1, 0.15) is 12.6 Å². The third kappa shape index (κ3) is 7.22. The third-order valence-electron chi connectivity index (χ3n) is 6.21. The Bertz CT molecular complexity index is 1460. The van der Waals surface area contributed by atoms with E-state index in [9.17, 15) is 18.0 Å². The molecule has 3 aromatic rings. The molecular formula is C28H29Cl4N3O4S. The van der Waals surface area contributed by atoms with Gasteiger partial charge >= 0.3 is 0 Å². The summed E-state index contributed by atoms with van der Waals surface area (Å²) in [6.07, 6.45) is 0.252. The molecule has 214 valence electrons. The monoisotopic (exact) mass is 643 g/mol. The first kappa shape index (κ1) is 32.0. The van der Waals surface area contributed by atoms with E-state index in [1.165, 1.54) is 35.2 Å². The van der Waals surface area contributed by atoms with Crippen molar-refractivity contribution < 1.29 is 18.0 Å². The van der Waals surface area contributed by atoms with Crippen LogP contribution in [0.3, 0.4) is 0 Å². The van der Waals surface area contributed by atoms with Crippen LogP contribution < -0.4 is 9.62 Å². The Kier molecular flexibility index (Phi) is 11.1. The lowest BCUT2D eigenvalue weighted by Gasteiger charge is -2.33. The number of hydrogen-bond acceptors (Lipinski definition) is 4. The molecule has 0 bridgehead atoms. The molecule has 40 heavy (non-hydrogen) atoms. The van der Waals surface area contributed by atoms with Gasteiger partial charge in [0, 0.05) is 28.7 Å². The van der Waals surface area contributed by atoms with Crippen LogP contribution in [-0.2, 0) is 26.2 Å². The van der Waals surface area contributed by atoms with E-state index < -0.39 is 34.4 Å². The summed E-state index contributed by atoms with van der Waals surface area (Å²) in [4.78, 5) is 28.4. The van der Waals surface area contributed by atoms with Crippen LogP contribution in [-0.4, -0.2) is 44.3 Å². The molecule has 2 amide bonds. The second-order valence-corrected chi connectivity index (χ2v) is 12.4. The Morgan fingerprint density at radius 2 is 1.45 bits per heavy atom. The molecule has 0 aromatic heterocycles. The molecule has 3 rings (SSSR count). The third-order valence-corrected chi connectivity index (χ3v) is 9.51. The average molecular weight is 645 g/mol. The first-order valence-electron chi connectivity index (χ1n) is 12.5. The summed E-state index contributed by atoms with van der Waals surface area (Å²) in [6, 6.07) is 14.7. The van der Waals surface area contributed by atoms with Crippen molar-refractivity contribution in [2.75, 3.05) is 17.4 Å². The van der Waals surface area contributed by atoms with Crippen LogP contribution in [0, 0.1) is 6.92 Å². The molecule has 0 heterocycles. The van der Waals surface area contributed by atoms with Crippen LogP contribution in [0.4, 0.5) is 5.69 Å². The summed E-state index contributed by atoms with van der Waals surface area (Å²) >= 11 is 25.5. The molecule has 7 nitrogen and oxygen atoms in total. The van der Waals surface area contributed by atoms with Gasteiger partial charge in [0.15, 0.2) is 0 Å². The first-order valence-corrected chi connectivity index (χ1v) is 15.4. The maximum absolute atomic E-state index is 14.1. The lowest BCUT2D eigenvalue weighted by Crippen LogP contribution is -2.52. The number of likely N-dealkylation sites (N-methyl/N-ethyl adjacent to an activating group) is 1. The normalized spacial score (nSPS) is 12.1. The largest absolute Gasteiger partial charge is 0.355 e. The highest BCUT2D eigenvalue weighted by Crippen LogP contribution is 2.36. The van der Waals surface area contributed by atoms with Crippen molar-refractivity contribution in [2.45, 2.75) is 44.7 Å². The lowest BCUT2D eigenvalue weighted by atomic mass is 10.1. The van der Waals surface area contributed by atoms with Gasteiger partial charge in [-0.1, -0.05) is 83.2 Å². The molecule has 1 atom stereocenters. The fourth-order valence-electron chi connectivity index (χ4n) is 4.10. The van der Waals surface area contributed by atoms with E-state index in [2.05, 4.69) is 5.32 Å². The van der Waals surface area contributed by atoms with E-state index >= 15 is 0 Å². The summed E-state index contributed by atoms with van der Waals surface area (Å²) in [5.74, 6) is -1.06. The zero-order chi connectivity index (χ0) is 29.6. The quantitative estimate of drug-likeness (QED) is 0.250. The topological polar surface area (TPSA) is 86.8 Å². The number of sulfonamides is 1. The fraction of sp³-hybridized carbons (Fsp3) is 0.286. The Balaban J connectivity index is 2.14. The van der Waals surface area contributed by atoms with Gasteiger partial charge in [0.2, 0.25) is 11.8 Å². The van der Waals surface area contributed by atoms with E-state index in [4.69, 9.17) is 46.4 Å². The van der Waals surface area contributed by atoms with Crippen LogP contribution in [0.15, 0.2) is 65.6 Å². The molecule has 0 saturated carbocycles. The number of carbonyl (C=O) groups is 2. The maximum atomic E-state index is 14.1. The Hall–Kier alpha value is -2.49. The van der Waals surface area contributed by atoms with Gasteiger partial charge in [-0.05, 0) is 56.7 Å². The molecule has 0 fully saturated rings.